The van der Waals surface area contributed by atoms with Gasteiger partial charge in [0.15, 0.2) is 0 Å². The van der Waals surface area contributed by atoms with Crippen molar-refractivity contribution < 1.29 is 9.90 Å². The van der Waals surface area contributed by atoms with Gasteiger partial charge in [-0.1, -0.05) is 13.8 Å². The highest BCUT2D eigenvalue weighted by Gasteiger charge is 2.39. The van der Waals surface area contributed by atoms with Crippen LogP contribution in [0.5, 0.6) is 0 Å². The first-order valence-corrected chi connectivity index (χ1v) is 4.67. The highest BCUT2D eigenvalue weighted by atomic mass is 16.4. The highest BCUT2D eigenvalue weighted by molar-refractivity contribution is 5.74. The van der Waals surface area contributed by atoms with Gasteiger partial charge >= 0.3 is 5.97 Å². The van der Waals surface area contributed by atoms with Gasteiger partial charge < -0.3 is 5.11 Å². The molecular formula is C10H18O2. The van der Waals surface area contributed by atoms with Crippen molar-refractivity contribution in [2.75, 3.05) is 0 Å². The second-order valence-electron chi connectivity index (χ2n) is 4.72. The minimum absolute atomic E-state index is 0.461. The van der Waals surface area contributed by atoms with E-state index in [2.05, 4.69) is 13.8 Å². The molecule has 1 aliphatic carbocycles. The molecule has 0 aromatic carbocycles. The Morgan fingerprint density at radius 2 is 1.75 bits per heavy atom. The van der Waals surface area contributed by atoms with Gasteiger partial charge in [0.25, 0.3) is 0 Å². The summed E-state index contributed by atoms with van der Waals surface area (Å²) in [6.07, 6.45) is 2.86. The van der Waals surface area contributed by atoms with Crippen LogP contribution in [-0.4, -0.2) is 11.1 Å². The van der Waals surface area contributed by atoms with Crippen LogP contribution in [0.15, 0.2) is 0 Å². The van der Waals surface area contributed by atoms with Crippen LogP contribution in [0.3, 0.4) is 0 Å². The summed E-state index contributed by atoms with van der Waals surface area (Å²) in [4.78, 5) is 11.0. The van der Waals surface area contributed by atoms with E-state index in [4.69, 9.17) is 5.11 Å². The average Bonchev–Trinajstić information content (AvgIpc) is 1.82. The first-order valence-electron chi connectivity index (χ1n) is 4.67. The molecule has 1 fully saturated rings. The fourth-order valence-corrected chi connectivity index (χ4v) is 2.65. The summed E-state index contributed by atoms with van der Waals surface area (Å²) in [6.45, 7) is 6.18. The molecule has 0 bridgehead atoms. The Labute approximate surface area is 74.0 Å². The molecule has 0 aliphatic heterocycles. The smallest absolute Gasteiger partial charge is 0.309 e. The van der Waals surface area contributed by atoms with Crippen LogP contribution in [0.4, 0.5) is 0 Å². The molecule has 0 aromatic rings. The van der Waals surface area contributed by atoms with E-state index >= 15 is 0 Å². The molecule has 0 spiro atoms. The molecule has 0 unspecified atom stereocenters. The number of carboxylic acid groups (broad SMARTS) is 1. The SMILES string of the molecule is C[C@H]1C[C@H](C)CC(C)(C(=O)O)C1. The van der Waals surface area contributed by atoms with Crippen LogP contribution in [0.2, 0.25) is 0 Å². The Bertz CT molecular complexity index is 176. The predicted octanol–water partition coefficient (Wildman–Crippen LogP) is 2.53. The minimum atomic E-state index is -0.624. The zero-order valence-corrected chi connectivity index (χ0v) is 8.13. The summed E-state index contributed by atoms with van der Waals surface area (Å²) in [5, 5.41) is 9.03. The molecule has 2 atom stereocenters. The van der Waals surface area contributed by atoms with Crippen molar-refractivity contribution in [3.63, 3.8) is 0 Å². The second-order valence-corrected chi connectivity index (χ2v) is 4.72. The number of carboxylic acids is 1. The fraction of sp³-hybridized carbons (Fsp3) is 0.900. The molecule has 1 saturated carbocycles. The lowest BCUT2D eigenvalue weighted by Gasteiger charge is -2.36. The monoisotopic (exact) mass is 170 g/mol. The lowest BCUT2D eigenvalue weighted by Crippen LogP contribution is -2.35. The van der Waals surface area contributed by atoms with Crippen molar-refractivity contribution in [1.82, 2.24) is 0 Å². The third-order valence-electron chi connectivity index (χ3n) is 2.92. The van der Waals surface area contributed by atoms with Gasteiger partial charge in [0.05, 0.1) is 5.41 Å². The molecule has 1 N–H and O–H groups in total. The van der Waals surface area contributed by atoms with Gasteiger partial charge in [-0.2, -0.15) is 0 Å². The van der Waals surface area contributed by atoms with Gasteiger partial charge in [0, 0.05) is 0 Å². The summed E-state index contributed by atoms with van der Waals surface area (Å²) >= 11 is 0. The fourth-order valence-electron chi connectivity index (χ4n) is 2.65. The lowest BCUT2D eigenvalue weighted by atomic mass is 9.67. The summed E-state index contributed by atoms with van der Waals surface area (Å²) in [7, 11) is 0. The number of rotatable bonds is 1. The quantitative estimate of drug-likeness (QED) is 0.656. The zero-order valence-electron chi connectivity index (χ0n) is 8.13. The van der Waals surface area contributed by atoms with Gasteiger partial charge in [0.2, 0.25) is 0 Å². The summed E-state index contributed by atoms with van der Waals surface area (Å²) in [6, 6.07) is 0. The molecule has 0 amide bonds. The molecule has 0 saturated heterocycles. The largest absolute Gasteiger partial charge is 0.481 e. The Kier molecular flexibility index (Phi) is 2.45. The maximum Gasteiger partial charge on any atom is 0.309 e. The third-order valence-corrected chi connectivity index (χ3v) is 2.92. The van der Waals surface area contributed by atoms with Crippen molar-refractivity contribution in [1.29, 1.82) is 0 Å². The van der Waals surface area contributed by atoms with Crippen molar-refractivity contribution in [3.05, 3.63) is 0 Å². The van der Waals surface area contributed by atoms with E-state index in [1.807, 2.05) is 6.92 Å². The van der Waals surface area contributed by atoms with E-state index < -0.39 is 11.4 Å². The van der Waals surface area contributed by atoms with E-state index in [0.717, 1.165) is 12.8 Å². The standard InChI is InChI=1S/C10H18O2/c1-7-4-8(2)6-10(3,5-7)9(11)12/h7-8H,4-6H2,1-3H3,(H,11,12)/t7-,8-/m0/s1. The van der Waals surface area contributed by atoms with Gasteiger partial charge in [-0.3, -0.25) is 4.79 Å². The normalized spacial score (nSPS) is 42.6. The van der Waals surface area contributed by atoms with E-state index in [1.54, 1.807) is 0 Å². The molecule has 0 aromatic heterocycles. The van der Waals surface area contributed by atoms with Crippen LogP contribution in [0.1, 0.15) is 40.0 Å². The van der Waals surface area contributed by atoms with Crippen molar-refractivity contribution in [3.8, 4) is 0 Å². The van der Waals surface area contributed by atoms with Crippen LogP contribution < -0.4 is 0 Å². The molecule has 0 heterocycles. The number of hydrogen-bond acceptors (Lipinski definition) is 1. The average molecular weight is 170 g/mol. The Hall–Kier alpha value is -0.530. The topological polar surface area (TPSA) is 37.3 Å². The van der Waals surface area contributed by atoms with E-state index in [-0.39, 0.29) is 0 Å². The molecule has 70 valence electrons. The molecule has 0 radical (unpaired) electrons. The number of aliphatic carboxylic acids is 1. The maximum absolute atomic E-state index is 11.0. The summed E-state index contributed by atoms with van der Waals surface area (Å²) in [5.41, 5.74) is -0.461. The van der Waals surface area contributed by atoms with Crippen molar-refractivity contribution in [2.45, 2.75) is 40.0 Å². The van der Waals surface area contributed by atoms with Crippen molar-refractivity contribution in [2.24, 2.45) is 17.3 Å². The molecular weight excluding hydrogens is 152 g/mol. The predicted molar refractivity (Wildman–Crippen MR) is 47.9 cm³/mol. The lowest BCUT2D eigenvalue weighted by molar-refractivity contribution is -0.151. The van der Waals surface area contributed by atoms with Crippen LogP contribution in [0.25, 0.3) is 0 Å². The van der Waals surface area contributed by atoms with Crippen LogP contribution >= 0.6 is 0 Å². The van der Waals surface area contributed by atoms with E-state index in [0.29, 0.717) is 11.8 Å². The Balaban J connectivity index is 2.71. The highest BCUT2D eigenvalue weighted by Crippen LogP contribution is 2.41. The van der Waals surface area contributed by atoms with Gasteiger partial charge in [0.1, 0.15) is 0 Å². The van der Waals surface area contributed by atoms with E-state index in [1.165, 1.54) is 6.42 Å². The van der Waals surface area contributed by atoms with E-state index in [9.17, 15) is 4.79 Å². The number of carbonyl (C=O) groups is 1. The number of hydrogen-bond donors (Lipinski definition) is 1. The third kappa shape index (κ3) is 1.79. The second kappa shape index (κ2) is 3.08. The molecule has 2 nitrogen and oxygen atoms in total. The van der Waals surface area contributed by atoms with Crippen LogP contribution in [0, 0.1) is 17.3 Å². The van der Waals surface area contributed by atoms with Gasteiger partial charge in [-0.05, 0) is 38.0 Å². The van der Waals surface area contributed by atoms with Gasteiger partial charge in [-0.15, -0.1) is 0 Å². The van der Waals surface area contributed by atoms with Crippen molar-refractivity contribution >= 4 is 5.97 Å². The minimum Gasteiger partial charge on any atom is -0.481 e. The summed E-state index contributed by atoms with van der Waals surface area (Å²) in [5.74, 6) is 0.505. The Morgan fingerprint density at radius 1 is 1.33 bits per heavy atom. The molecule has 2 heteroatoms. The van der Waals surface area contributed by atoms with Crippen LogP contribution in [-0.2, 0) is 4.79 Å². The zero-order chi connectivity index (χ0) is 9.35. The first kappa shape index (κ1) is 9.56. The Morgan fingerprint density at radius 3 is 2.08 bits per heavy atom. The first-order chi connectivity index (χ1) is 5.44. The summed E-state index contributed by atoms with van der Waals surface area (Å²) < 4.78 is 0. The molecule has 12 heavy (non-hydrogen) atoms. The van der Waals surface area contributed by atoms with Gasteiger partial charge in [-0.25, -0.2) is 0 Å². The molecule has 1 rings (SSSR count). The maximum atomic E-state index is 11.0. The molecule has 1 aliphatic rings.